The lowest BCUT2D eigenvalue weighted by Gasteiger charge is -2.18. The minimum atomic E-state index is -3.78. The van der Waals surface area contributed by atoms with Crippen LogP contribution in [-0.2, 0) is 10.0 Å². The highest BCUT2D eigenvalue weighted by Gasteiger charge is 2.34. The van der Waals surface area contributed by atoms with Gasteiger partial charge in [-0.2, -0.15) is 4.31 Å². The number of aliphatic hydroxyl groups is 1. The molecule has 2 N–H and O–H groups in total. The number of halogens is 1. The Hall–Kier alpha value is -0.960. The van der Waals surface area contributed by atoms with Crippen LogP contribution in [0.3, 0.4) is 0 Å². The summed E-state index contributed by atoms with van der Waals surface area (Å²) in [6, 6.07) is 2.59. The average Bonchev–Trinajstić information content (AvgIpc) is 2.90. The van der Waals surface area contributed by atoms with Crippen LogP contribution in [0.25, 0.3) is 0 Å². The van der Waals surface area contributed by atoms with E-state index >= 15 is 0 Å². The summed E-state index contributed by atoms with van der Waals surface area (Å²) in [7, 11) is -3.78. The molecule has 1 aliphatic heterocycles. The molecule has 1 saturated heterocycles. The van der Waals surface area contributed by atoms with Crippen molar-refractivity contribution in [1.82, 2.24) is 4.31 Å². The SMILES string of the molecule is Cc1cc(C(=O)O)cc(S(=O)(=O)N2CCC(CO)C2)c1Br. The fourth-order valence-electron chi connectivity index (χ4n) is 2.35. The maximum Gasteiger partial charge on any atom is 0.335 e. The molecule has 0 radical (unpaired) electrons. The van der Waals surface area contributed by atoms with Crippen molar-refractivity contribution in [3.63, 3.8) is 0 Å². The van der Waals surface area contributed by atoms with Gasteiger partial charge in [0.1, 0.15) is 0 Å². The summed E-state index contributed by atoms with van der Waals surface area (Å²) in [5, 5.41) is 18.2. The van der Waals surface area contributed by atoms with Gasteiger partial charge in [-0.15, -0.1) is 0 Å². The van der Waals surface area contributed by atoms with Gasteiger partial charge in [-0.05, 0) is 52.9 Å². The molecule has 0 aromatic heterocycles. The number of aryl methyl sites for hydroxylation is 1. The van der Waals surface area contributed by atoms with E-state index in [0.717, 1.165) is 0 Å². The molecule has 0 spiro atoms. The molecule has 8 heteroatoms. The molecule has 1 aliphatic rings. The first-order valence-corrected chi connectivity index (χ1v) is 8.65. The minimum Gasteiger partial charge on any atom is -0.478 e. The number of rotatable bonds is 4. The molecule has 0 amide bonds. The number of carboxylic acids is 1. The van der Waals surface area contributed by atoms with E-state index in [9.17, 15) is 13.2 Å². The Morgan fingerprint density at radius 2 is 2.14 bits per heavy atom. The fraction of sp³-hybridized carbons (Fsp3) is 0.462. The number of aromatic carboxylic acids is 1. The van der Waals surface area contributed by atoms with Gasteiger partial charge in [0.15, 0.2) is 0 Å². The first kappa shape index (κ1) is 16.4. The highest BCUT2D eigenvalue weighted by Crippen LogP contribution is 2.32. The normalized spacial score (nSPS) is 19.9. The molecule has 1 heterocycles. The van der Waals surface area contributed by atoms with Gasteiger partial charge in [-0.3, -0.25) is 0 Å². The Kier molecular flexibility index (Phi) is 4.72. The number of carbonyl (C=O) groups is 1. The van der Waals surface area contributed by atoms with Crippen molar-refractivity contribution in [3.05, 3.63) is 27.7 Å². The van der Waals surface area contributed by atoms with E-state index in [1.165, 1.54) is 16.4 Å². The highest BCUT2D eigenvalue weighted by atomic mass is 79.9. The lowest BCUT2D eigenvalue weighted by Crippen LogP contribution is -2.30. The van der Waals surface area contributed by atoms with E-state index < -0.39 is 16.0 Å². The van der Waals surface area contributed by atoms with Gasteiger partial charge >= 0.3 is 5.97 Å². The van der Waals surface area contributed by atoms with Crippen LogP contribution in [-0.4, -0.2) is 48.6 Å². The minimum absolute atomic E-state index is 0.0431. The summed E-state index contributed by atoms with van der Waals surface area (Å²) in [6.07, 6.45) is 0.602. The van der Waals surface area contributed by atoms with Crippen LogP contribution in [0.4, 0.5) is 0 Å². The number of hydrogen-bond acceptors (Lipinski definition) is 4. The van der Waals surface area contributed by atoms with E-state index in [1.807, 2.05) is 0 Å². The zero-order chi connectivity index (χ0) is 15.8. The number of nitrogens with zero attached hydrogens (tertiary/aromatic N) is 1. The zero-order valence-corrected chi connectivity index (χ0v) is 13.8. The van der Waals surface area contributed by atoms with Crippen molar-refractivity contribution in [2.24, 2.45) is 5.92 Å². The predicted molar refractivity (Wildman–Crippen MR) is 79.8 cm³/mol. The predicted octanol–water partition coefficient (Wildman–Crippen LogP) is 1.46. The second-order valence-electron chi connectivity index (χ2n) is 5.11. The Balaban J connectivity index is 2.47. The van der Waals surface area contributed by atoms with Gasteiger partial charge in [0, 0.05) is 24.2 Å². The monoisotopic (exact) mass is 377 g/mol. The second kappa shape index (κ2) is 6.04. The van der Waals surface area contributed by atoms with Crippen LogP contribution >= 0.6 is 15.9 Å². The standard InChI is InChI=1S/C13H16BrNO5S/c1-8-4-10(13(17)18)5-11(12(8)14)21(19,20)15-3-2-9(6-15)7-16/h4-5,9,16H,2-3,6-7H2,1H3,(H,17,18). The zero-order valence-electron chi connectivity index (χ0n) is 11.4. The van der Waals surface area contributed by atoms with Crippen molar-refractivity contribution >= 4 is 31.9 Å². The molecule has 6 nitrogen and oxygen atoms in total. The molecule has 1 atom stereocenters. The van der Waals surface area contributed by atoms with E-state index in [4.69, 9.17) is 10.2 Å². The lowest BCUT2D eigenvalue weighted by molar-refractivity contribution is 0.0696. The van der Waals surface area contributed by atoms with Crippen molar-refractivity contribution in [2.75, 3.05) is 19.7 Å². The van der Waals surface area contributed by atoms with E-state index in [-0.39, 0.29) is 29.5 Å². The van der Waals surface area contributed by atoms with Crippen molar-refractivity contribution in [1.29, 1.82) is 0 Å². The van der Waals surface area contributed by atoms with E-state index in [0.29, 0.717) is 23.0 Å². The van der Waals surface area contributed by atoms with Crippen LogP contribution in [0.1, 0.15) is 22.3 Å². The van der Waals surface area contributed by atoms with Gasteiger partial charge in [0.05, 0.1) is 10.5 Å². The maximum atomic E-state index is 12.7. The third-order valence-corrected chi connectivity index (χ3v) is 6.80. The molecule has 2 rings (SSSR count). The van der Waals surface area contributed by atoms with Crippen LogP contribution in [0.5, 0.6) is 0 Å². The smallest absolute Gasteiger partial charge is 0.335 e. The van der Waals surface area contributed by atoms with E-state index in [2.05, 4.69) is 15.9 Å². The summed E-state index contributed by atoms with van der Waals surface area (Å²) in [4.78, 5) is 11.1. The molecule has 1 fully saturated rings. The number of benzene rings is 1. The maximum absolute atomic E-state index is 12.7. The highest BCUT2D eigenvalue weighted by molar-refractivity contribution is 9.10. The fourth-order valence-corrected chi connectivity index (χ4v) is 4.89. The Morgan fingerprint density at radius 3 is 2.67 bits per heavy atom. The van der Waals surface area contributed by atoms with Crippen LogP contribution in [0.2, 0.25) is 0 Å². The molecular weight excluding hydrogens is 362 g/mol. The number of sulfonamides is 1. The van der Waals surface area contributed by atoms with Crippen molar-refractivity contribution in [3.8, 4) is 0 Å². The Labute approximate surface area is 131 Å². The summed E-state index contributed by atoms with van der Waals surface area (Å²) in [5.41, 5.74) is 0.485. The molecule has 1 aromatic rings. The van der Waals surface area contributed by atoms with Crippen LogP contribution < -0.4 is 0 Å². The topological polar surface area (TPSA) is 94.9 Å². The van der Waals surface area contributed by atoms with E-state index in [1.54, 1.807) is 6.92 Å². The van der Waals surface area contributed by atoms with Crippen molar-refractivity contribution < 1.29 is 23.4 Å². The second-order valence-corrected chi connectivity index (χ2v) is 7.81. The third-order valence-electron chi connectivity index (χ3n) is 3.59. The number of carboxylic acid groups (broad SMARTS) is 1. The molecule has 21 heavy (non-hydrogen) atoms. The Morgan fingerprint density at radius 1 is 1.48 bits per heavy atom. The Bertz CT molecular complexity index is 673. The van der Waals surface area contributed by atoms with Gasteiger partial charge in [-0.1, -0.05) is 0 Å². The number of hydrogen-bond donors (Lipinski definition) is 2. The molecule has 1 unspecified atom stereocenters. The van der Waals surface area contributed by atoms with Crippen LogP contribution in [0, 0.1) is 12.8 Å². The molecular formula is C13H16BrNO5S. The van der Waals surface area contributed by atoms with Gasteiger partial charge in [0.2, 0.25) is 10.0 Å². The van der Waals surface area contributed by atoms with Gasteiger partial charge < -0.3 is 10.2 Å². The van der Waals surface area contributed by atoms with Crippen LogP contribution in [0.15, 0.2) is 21.5 Å². The molecule has 0 saturated carbocycles. The quantitative estimate of drug-likeness (QED) is 0.827. The largest absolute Gasteiger partial charge is 0.478 e. The first-order valence-electron chi connectivity index (χ1n) is 6.41. The summed E-state index contributed by atoms with van der Waals surface area (Å²) in [5.74, 6) is -1.24. The van der Waals surface area contributed by atoms with Gasteiger partial charge in [-0.25, -0.2) is 13.2 Å². The summed E-state index contributed by atoms with van der Waals surface area (Å²) >= 11 is 3.23. The average molecular weight is 378 g/mol. The number of aliphatic hydroxyl groups excluding tert-OH is 1. The molecule has 0 bridgehead atoms. The molecule has 0 aliphatic carbocycles. The van der Waals surface area contributed by atoms with Crippen molar-refractivity contribution in [2.45, 2.75) is 18.2 Å². The van der Waals surface area contributed by atoms with Gasteiger partial charge in [0.25, 0.3) is 0 Å². The molecule has 116 valence electrons. The third kappa shape index (κ3) is 3.13. The molecule has 1 aromatic carbocycles. The first-order chi connectivity index (χ1) is 9.77. The lowest BCUT2D eigenvalue weighted by atomic mass is 10.1. The summed E-state index contributed by atoms with van der Waals surface area (Å²) < 4.78 is 27.0. The summed E-state index contributed by atoms with van der Waals surface area (Å²) in [6.45, 7) is 2.18.